The van der Waals surface area contributed by atoms with Gasteiger partial charge in [-0.25, -0.2) is 0 Å². The van der Waals surface area contributed by atoms with Crippen LogP contribution in [0.5, 0.6) is 0 Å². The standard InChI is InChI=1S/C11H23O3/c1-3-9(12)5-7-11(14)8-6-10(13)4-2/h9-14H,1,3-8H2,2H3. The summed E-state index contributed by atoms with van der Waals surface area (Å²) in [7, 11) is 0. The molecule has 0 spiro atoms. The van der Waals surface area contributed by atoms with Gasteiger partial charge in [0.2, 0.25) is 0 Å². The monoisotopic (exact) mass is 203 g/mol. The minimum atomic E-state index is -0.405. The molecule has 0 aromatic heterocycles. The molecule has 0 bridgehead atoms. The van der Waals surface area contributed by atoms with Gasteiger partial charge in [-0.3, -0.25) is 0 Å². The molecule has 3 N–H and O–H groups in total. The third-order valence-electron chi connectivity index (χ3n) is 2.47. The smallest absolute Gasteiger partial charge is 0.0542 e. The van der Waals surface area contributed by atoms with Crippen LogP contribution in [0, 0.1) is 6.92 Å². The van der Waals surface area contributed by atoms with Gasteiger partial charge in [-0.2, -0.15) is 0 Å². The first-order valence-electron chi connectivity index (χ1n) is 5.43. The van der Waals surface area contributed by atoms with E-state index >= 15 is 0 Å². The first-order valence-corrected chi connectivity index (χ1v) is 5.43. The molecule has 0 heterocycles. The highest BCUT2D eigenvalue weighted by Gasteiger charge is 2.09. The van der Waals surface area contributed by atoms with Crippen molar-refractivity contribution in [2.24, 2.45) is 0 Å². The van der Waals surface area contributed by atoms with Gasteiger partial charge in [0.25, 0.3) is 0 Å². The maximum absolute atomic E-state index is 9.50. The van der Waals surface area contributed by atoms with E-state index in [2.05, 4.69) is 6.92 Å². The van der Waals surface area contributed by atoms with E-state index in [0.717, 1.165) is 6.42 Å². The number of aliphatic hydroxyl groups excluding tert-OH is 3. The largest absolute Gasteiger partial charge is 0.393 e. The Kier molecular flexibility index (Phi) is 8.14. The average molecular weight is 203 g/mol. The molecule has 0 amide bonds. The van der Waals surface area contributed by atoms with Crippen molar-refractivity contribution in [1.82, 2.24) is 0 Å². The highest BCUT2D eigenvalue weighted by atomic mass is 16.3. The third-order valence-corrected chi connectivity index (χ3v) is 2.47. The van der Waals surface area contributed by atoms with Gasteiger partial charge in [0.15, 0.2) is 0 Å². The quantitative estimate of drug-likeness (QED) is 0.556. The van der Waals surface area contributed by atoms with E-state index in [4.69, 9.17) is 0 Å². The molecule has 3 unspecified atom stereocenters. The topological polar surface area (TPSA) is 60.7 Å². The van der Waals surface area contributed by atoms with Gasteiger partial charge < -0.3 is 15.3 Å². The molecule has 3 nitrogen and oxygen atoms in total. The number of hydrogen-bond acceptors (Lipinski definition) is 3. The summed E-state index contributed by atoms with van der Waals surface area (Å²) in [6.45, 7) is 5.50. The zero-order valence-electron chi connectivity index (χ0n) is 9.02. The lowest BCUT2D eigenvalue weighted by atomic mass is 10.0. The normalized spacial score (nSPS) is 17.8. The van der Waals surface area contributed by atoms with E-state index in [9.17, 15) is 15.3 Å². The van der Waals surface area contributed by atoms with Crippen LogP contribution in [-0.2, 0) is 0 Å². The van der Waals surface area contributed by atoms with Crippen LogP contribution in [0.15, 0.2) is 0 Å². The van der Waals surface area contributed by atoms with Crippen LogP contribution in [0.4, 0.5) is 0 Å². The fourth-order valence-corrected chi connectivity index (χ4v) is 1.26. The van der Waals surface area contributed by atoms with Gasteiger partial charge in [0.1, 0.15) is 0 Å². The van der Waals surface area contributed by atoms with Crippen molar-refractivity contribution in [3.8, 4) is 0 Å². The van der Waals surface area contributed by atoms with Crippen molar-refractivity contribution in [3.63, 3.8) is 0 Å². The van der Waals surface area contributed by atoms with E-state index in [-0.39, 0.29) is 6.10 Å². The van der Waals surface area contributed by atoms with Crippen molar-refractivity contribution < 1.29 is 15.3 Å². The van der Waals surface area contributed by atoms with Crippen LogP contribution < -0.4 is 0 Å². The van der Waals surface area contributed by atoms with E-state index in [1.807, 2.05) is 6.92 Å². The molecular formula is C11H23O3. The maximum Gasteiger partial charge on any atom is 0.0542 e. The lowest BCUT2D eigenvalue weighted by Crippen LogP contribution is -2.15. The molecule has 3 atom stereocenters. The molecule has 14 heavy (non-hydrogen) atoms. The summed E-state index contributed by atoms with van der Waals surface area (Å²) >= 11 is 0. The Morgan fingerprint density at radius 1 is 0.857 bits per heavy atom. The molecule has 3 heteroatoms. The van der Waals surface area contributed by atoms with Crippen LogP contribution >= 0.6 is 0 Å². The van der Waals surface area contributed by atoms with Gasteiger partial charge in [-0.05, 0) is 38.5 Å². The molecule has 0 aliphatic rings. The number of hydrogen-bond donors (Lipinski definition) is 3. The van der Waals surface area contributed by atoms with Crippen LogP contribution in [-0.4, -0.2) is 33.6 Å². The lowest BCUT2D eigenvalue weighted by Gasteiger charge is -2.14. The fourth-order valence-electron chi connectivity index (χ4n) is 1.26. The van der Waals surface area contributed by atoms with Gasteiger partial charge >= 0.3 is 0 Å². The molecule has 0 aromatic carbocycles. The molecular weight excluding hydrogens is 180 g/mol. The van der Waals surface area contributed by atoms with E-state index in [0.29, 0.717) is 32.1 Å². The Balaban J connectivity index is 3.40. The fraction of sp³-hybridized carbons (Fsp3) is 0.909. The highest BCUT2D eigenvalue weighted by Crippen LogP contribution is 2.11. The lowest BCUT2D eigenvalue weighted by molar-refractivity contribution is 0.0879. The Hall–Kier alpha value is -0.120. The van der Waals surface area contributed by atoms with Crippen LogP contribution in [0.2, 0.25) is 0 Å². The summed E-state index contributed by atoms with van der Waals surface area (Å²) in [6, 6.07) is 0. The third kappa shape index (κ3) is 7.30. The van der Waals surface area contributed by atoms with Crippen molar-refractivity contribution in [1.29, 1.82) is 0 Å². The number of rotatable bonds is 8. The Morgan fingerprint density at radius 2 is 1.29 bits per heavy atom. The second-order valence-electron chi connectivity index (χ2n) is 3.81. The van der Waals surface area contributed by atoms with Gasteiger partial charge in [0, 0.05) is 0 Å². The molecule has 1 radical (unpaired) electrons. The van der Waals surface area contributed by atoms with Crippen LogP contribution in [0.1, 0.15) is 45.4 Å². The molecule has 0 aliphatic heterocycles. The summed E-state index contributed by atoms with van der Waals surface area (Å²) in [4.78, 5) is 0. The van der Waals surface area contributed by atoms with Crippen molar-refractivity contribution in [3.05, 3.63) is 6.92 Å². The summed E-state index contributed by atoms with van der Waals surface area (Å²) in [5.74, 6) is 0. The molecule has 0 rings (SSSR count). The van der Waals surface area contributed by atoms with Gasteiger partial charge in [-0.1, -0.05) is 13.8 Å². The second-order valence-corrected chi connectivity index (χ2v) is 3.81. The van der Waals surface area contributed by atoms with Gasteiger partial charge in [0.05, 0.1) is 18.3 Å². The van der Waals surface area contributed by atoms with Crippen molar-refractivity contribution in [2.45, 2.75) is 63.8 Å². The SMILES string of the molecule is [CH2]CC(O)CCC(O)CCC(O)CC. The Labute approximate surface area is 86.8 Å². The van der Waals surface area contributed by atoms with Gasteiger partial charge in [-0.15, -0.1) is 0 Å². The summed E-state index contributed by atoms with van der Waals surface area (Å²) in [5, 5.41) is 28.0. The molecule has 0 aliphatic carbocycles. The average Bonchev–Trinajstić information content (AvgIpc) is 2.22. The van der Waals surface area contributed by atoms with Crippen molar-refractivity contribution in [2.75, 3.05) is 0 Å². The van der Waals surface area contributed by atoms with E-state index in [1.165, 1.54) is 0 Å². The molecule has 85 valence electrons. The summed E-state index contributed by atoms with van der Waals surface area (Å²) < 4.78 is 0. The Bertz CT molecular complexity index is 114. The Morgan fingerprint density at radius 3 is 1.71 bits per heavy atom. The second kappa shape index (κ2) is 8.21. The predicted molar refractivity (Wildman–Crippen MR) is 56.8 cm³/mol. The first-order chi connectivity index (χ1) is 6.60. The van der Waals surface area contributed by atoms with Crippen LogP contribution in [0.3, 0.4) is 0 Å². The van der Waals surface area contributed by atoms with E-state index in [1.54, 1.807) is 0 Å². The minimum absolute atomic E-state index is 0.303. The molecule has 0 fully saturated rings. The molecule has 0 saturated heterocycles. The summed E-state index contributed by atoms with van der Waals surface area (Å²) in [6.07, 6.45) is 2.54. The summed E-state index contributed by atoms with van der Waals surface area (Å²) in [5.41, 5.74) is 0. The molecule has 0 aromatic rings. The predicted octanol–water partition coefficient (Wildman–Crippen LogP) is 1.26. The maximum atomic E-state index is 9.50. The zero-order chi connectivity index (χ0) is 11.0. The van der Waals surface area contributed by atoms with Crippen LogP contribution in [0.25, 0.3) is 0 Å². The number of aliphatic hydroxyl groups is 3. The highest BCUT2D eigenvalue weighted by molar-refractivity contribution is 4.64. The molecule has 0 saturated carbocycles. The zero-order valence-corrected chi connectivity index (χ0v) is 9.02. The first kappa shape index (κ1) is 13.9. The minimum Gasteiger partial charge on any atom is -0.393 e. The van der Waals surface area contributed by atoms with Crippen molar-refractivity contribution >= 4 is 0 Å². The van der Waals surface area contributed by atoms with E-state index < -0.39 is 12.2 Å².